The number of ether oxygens (including phenoxy) is 1. The molecule has 1 atom stereocenters. The van der Waals surface area contributed by atoms with E-state index in [2.05, 4.69) is 5.32 Å². The van der Waals surface area contributed by atoms with E-state index in [1.165, 1.54) is 31.2 Å². The molecule has 196 valence electrons. The lowest BCUT2D eigenvalue weighted by atomic mass is 10.1. The lowest BCUT2D eigenvalue weighted by Crippen LogP contribution is -2.50. The maximum absolute atomic E-state index is 13.8. The molecular formula is C28H33N3O5S. The van der Waals surface area contributed by atoms with Crippen molar-refractivity contribution in [3.63, 3.8) is 0 Å². The van der Waals surface area contributed by atoms with Gasteiger partial charge in [-0.3, -0.25) is 13.9 Å². The number of amides is 2. The Balaban J connectivity index is 2.02. The summed E-state index contributed by atoms with van der Waals surface area (Å²) in [7, 11) is -1.12. The number of hydrogen-bond donors (Lipinski definition) is 1. The highest BCUT2D eigenvalue weighted by molar-refractivity contribution is 7.92. The van der Waals surface area contributed by atoms with E-state index < -0.39 is 28.5 Å². The van der Waals surface area contributed by atoms with Crippen molar-refractivity contribution in [3.05, 3.63) is 89.5 Å². The fraction of sp³-hybridized carbons (Fsp3) is 0.286. The highest BCUT2D eigenvalue weighted by Gasteiger charge is 2.32. The number of carbonyl (C=O) groups is 2. The Hall–Kier alpha value is -3.85. The van der Waals surface area contributed by atoms with Crippen LogP contribution in [0.1, 0.15) is 23.6 Å². The van der Waals surface area contributed by atoms with E-state index in [1.807, 2.05) is 38.1 Å². The lowest BCUT2D eigenvalue weighted by molar-refractivity contribution is -0.139. The normalized spacial score (nSPS) is 11.9. The van der Waals surface area contributed by atoms with Crippen LogP contribution in [-0.4, -0.2) is 51.9 Å². The van der Waals surface area contributed by atoms with Gasteiger partial charge in [-0.25, -0.2) is 8.42 Å². The van der Waals surface area contributed by atoms with Crippen molar-refractivity contribution in [1.82, 2.24) is 10.2 Å². The summed E-state index contributed by atoms with van der Waals surface area (Å²) in [6.07, 6.45) is 0. The van der Waals surface area contributed by atoms with Crippen LogP contribution < -0.4 is 14.4 Å². The zero-order valence-corrected chi connectivity index (χ0v) is 22.6. The third-order valence-electron chi connectivity index (χ3n) is 6.10. The summed E-state index contributed by atoms with van der Waals surface area (Å²) >= 11 is 0. The van der Waals surface area contributed by atoms with E-state index in [-0.39, 0.29) is 17.3 Å². The second kappa shape index (κ2) is 11.9. The molecule has 9 heteroatoms. The van der Waals surface area contributed by atoms with Crippen molar-refractivity contribution < 1.29 is 22.7 Å². The quantitative estimate of drug-likeness (QED) is 0.438. The molecule has 0 aromatic heterocycles. The number of sulfonamides is 1. The molecule has 3 aromatic carbocycles. The number of anilines is 1. The van der Waals surface area contributed by atoms with Crippen LogP contribution in [0.5, 0.6) is 5.75 Å². The van der Waals surface area contributed by atoms with Crippen LogP contribution in [-0.2, 0) is 26.2 Å². The topological polar surface area (TPSA) is 96.0 Å². The lowest BCUT2D eigenvalue weighted by Gasteiger charge is -2.32. The highest BCUT2D eigenvalue weighted by atomic mass is 32.2. The first-order chi connectivity index (χ1) is 17.6. The first kappa shape index (κ1) is 27.7. The SMILES string of the molecule is CNC(=O)[C@H](C)N(Cc1cccc(C)c1)C(=O)CN(c1ccc(C)cc1)S(=O)(=O)c1ccc(OC)cc1. The van der Waals surface area contributed by atoms with Gasteiger partial charge in [-0.15, -0.1) is 0 Å². The Bertz CT molecular complexity index is 1340. The molecule has 3 aromatic rings. The van der Waals surface area contributed by atoms with Gasteiger partial charge in [0.25, 0.3) is 10.0 Å². The van der Waals surface area contributed by atoms with Crippen molar-refractivity contribution >= 4 is 27.5 Å². The van der Waals surface area contributed by atoms with Crippen molar-refractivity contribution in [3.8, 4) is 5.75 Å². The van der Waals surface area contributed by atoms with Crippen LogP contribution in [0.25, 0.3) is 0 Å². The molecule has 1 N–H and O–H groups in total. The maximum Gasteiger partial charge on any atom is 0.264 e. The first-order valence-electron chi connectivity index (χ1n) is 11.9. The van der Waals surface area contributed by atoms with E-state index in [1.54, 1.807) is 43.3 Å². The van der Waals surface area contributed by atoms with Gasteiger partial charge in [0, 0.05) is 13.6 Å². The van der Waals surface area contributed by atoms with Gasteiger partial charge in [0.1, 0.15) is 18.3 Å². The summed E-state index contributed by atoms with van der Waals surface area (Å²) < 4.78 is 33.8. The number of rotatable bonds is 10. The van der Waals surface area contributed by atoms with Gasteiger partial charge in [0.2, 0.25) is 11.8 Å². The number of hydrogen-bond acceptors (Lipinski definition) is 5. The standard InChI is InChI=1S/C28H33N3O5S/c1-20-9-11-24(12-10-20)31(37(34,35)26-15-13-25(36-5)14-16-26)19-27(32)30(22(3)28(33)29-4)18-23-8-6-7-21(2)17-23/h6-17,22H,18-19H2,1-5H3,(H,29,33)/t22-/m0/s1. The molecule has 0 aliphatic heterocycles. The maximum atomic E-state index is 13.8. The third-order valence-corrected chi connectivity index (χ3v) is 7.89. The van der Waals surface area contributed by atoms with Crippen LogP contribution >= 0.6 is 0 Å². The van der Waals surface area contributed by atoms with E-state index >= 15 is 0 Å². The summed E-state index contributed by atoms with van der Waals surface area (Å²) in [6, 6.07) is 19.7. The van der Waals surface area contributed by atoms with Crippen LogP contribution in [0.15, 0.2) is 77.7 Å². The molecule has 0 unspecified atom stereocenters. The minimum atomic E-state index is -4.12. The molecule has 0 spiro atoms. The number of nitrogens with one attached hydrogen (secondary N) is 1. The van der Waals surface area contributed by atoms with Gasteiger partial charge in [-0.2, -0.15) is 0 Å². The molecule has 0 aliphatic rings. The minimum Gasteiger partial charge on any atom is -0.497 e. The predicted molar refractivity (Wildman–Crippen MR) is 144 cm³/mol. The Labute approximate surface area is 218 Å². The predicted octanol–water partition coefficient (Wildman–Crippen LogP) is 3.67. The molecule has 0 saturated heterocycles. The molecule has 0 saturated carbocycles. The van der Waals surface area contributed by atoms with Crippen LogP contribution in [0.2, 0.25) is 0 Å². The number of aryl methyl sites for hydroxylation is 2. The number of likely N-dealkylation sites (N-methyl/N-ethyl adjacent to an activating group) is 1. The Morgan fingerprint density at radius 3 is 2.16 bits per heavy atom. The van der Waals surface area contributed by atoms with Gasteiger partial charge in [-0.1, -0.05) is 47.5 Å². The number of methoxy groups -OCH3 is 1. The van der Waals surface area contributed by atoms with Gasteiger partial charge < -0.3 is 15.0 Å². The molecule has 0 heterocycles. The highest BCUT2D eigenvalue weighted by Crippen LogP contribution is 2.26. The molecule has 2 amide bonds. The largest absolute Gasteiger partial charge is 0.497 e. The van der Waals surface area contributed by atoms with Gasteiger partial charge in [-0.05, 0) is 62.7 Å². The molecule has 0 radical (unpaired) electrons. The zero-order chi connectivity index (χ0) is 27.2. The monoisotopic (exact) mass is 523 g/mol. The van der Waals surface area contributed by atoms with Crippen LogP contribution in [0.3, 0.4) is 0 Å². The summed E-state index contributed by atoms with van der Waals surface area (Å²) in [4.78, 5) is 27.7. The summed E-state index contributed by atoms with van der Waals surface area (Å²) in [5.74, 6) is -0.336. The van der Waals surface area contributed by atoms with Crippen LogP contribution in [0.4, 0.5) is 5.69 Å². The number of benzene rings is 3. The van der Waals surface area contributed by atoms with E-state index in [0.717, 1.165) is 21.0 Å². The second-order valence-corrected chi connectivity index (χ2v) is 10.7. The van der Waals surface area contributed by atoms with Gasteiger partial charge >= 0.3 is 0 Å². The number of carbonyl (C=O) groups excluding carboxylic acids is 2. The van der Waals surface area contributed by atoms with Gasteiger partial charge in [0.05, 0.1) is 17.7 Å². The second-order valence-electron chi connectivity index (χ2n) is 8.82. The molecular weight excluding hydrogens is 490 g/mol. The molecule has 0 aliphatic carbocycles. The average molecular weight is 524 g/mol. The van der Waals surface area contributed by atoms with E-state index in [9.17, 15) is 18.0 Å². The molecule has 3 rings (SSSR count). The Morgan fingerprint density at radius 2 is 1.59 bits per heavy atom. The van der Waals surface area contributed by atoms with E-state index in [4.69, 9.17) is 4.74 Å². The molecule has 0 bridgehead atoms. The minimum absolute atomic E-state index is 0.0197. The third kappa shape index (κ3) is 6.68. The fourth-order valence-corrected chi connectivity index (χ4v) is 5.33. The van der Waals surface area contributed by atoms with Crippen molar-refractivity contribution in [2.75, 3.05) is 25.0 Å². The molecule has 8 nitrogen and oxygen atoms in total. The van der Waals surface area contributed by atoms with Crippen molar-refractivity contribution in [2.24, 2.45) is 0 Å². The average Bonchev–Trinajstić information content (AvgIpc) is 2.90. The van der Waals surface area contributed by atoms with Crippen LogP contribution in [0, 0.1) is 13.8 Å². The Morgan fingerprint density at radius 1 is 0.946 bits per heavy atom. The van der Waals surface area contributed by atoms with Gasteiger partial charge in [0.15, 0.2) is 0 Å². The van der Waals surface area contributed by atoms with Crippen molar-refractivity contribution in [1.29, 1.82) is 0 Å². The molecule has 37 heavy (non-hydrogen) atoms. The Kier molecular flexibility index (Phi) is 8.94. The summed E-state index contributed by atoms with van der Waals surface area (Å²) in [5, 5.41) is 2.58. The summed E-state index contributed by atoms with van der Waals surface area (Å²) in [6.45, 7) is 5.13. The summed E-state index contributed by atoms with van der Waals surface area (Å²) in [5.41, 5.74) is 3.15. The zero-order valence-electron chi connectivity index (χ0n) is 21.8. The van der Waals surface area contributed by atoms with Crippen molar-refractivity contribution in [2.45, 2.75) is 38.3 Å². The number of nitrogens with zero attached hydrogens (tertiary/aromatic N) is 2. The van der Waals surface area contributed by atoms with E-state index in [0.29, 0.717) is 11.4 Å². The first-order valence-corrected chi connectivity index (χ1v) is 13.3. The smallest absolute Gasteiger partial charge is 0.264 e. The molecule has 0 fully saturated rings. The fourth-order valence-electron chi connectivity index (χ4n) is 3.91.